The van der Waals surface area contributed by atoms with Crippen LogP contribution in [0.5, 0.6) is 0 Å². The number of thiophene rings is 1. The van der Waals surface area contributed by atoms with Crippen molar-refractivity contribution in [1.29, 1.82) is 5.26 Å². The van der Waals surface area contributed by atoms with Crippen LogP contribution in [0.15, 0.2) is 47.2 Å². The second-order valence-electron chi connectivity index (χ2n) is 3.57. The number of amides is 1. The monoisotopic (exact) mass is 254 g/mol. The summed E-state index contributed by atoms with van der Waals surface area (Å²) in [5.41, 5.74) is 2.14. The summed E-state index contributed by atoms with van der Waals surface area (Å²) in [6.07, 6.45) is 3.22. The van der Waals surface area contributed by atoms with Gasteiger partial charge in [0.25, 0.3) is 0 Å². The Bertz CT molecular complexity index is 609. The topological polar surface area (TPSA) is 52.9 Å². The number of carbonyl (C=O) groups excluding carboxylic acids is 1. The summed E-state index contributed by atoms with van der Waals surface area (Å²) in [4.78, 5) is 11.6. The minimum atomic E-state index is -0.212. The summed E-state index contributed by atoms with van der Waals surface area (Å²) in [5.74, 6) is -0.212. The molecular weight excluding hydrogens is 244 g/mol. The number of nitrogens with one attached hydrogen (secondary N) is 1. The normalized spacial score (nSPS) is 10.2. The molecule has 1 aromatic carbocycles. The van der Waals surface area contributed by atoms with Crippen molar-refractivity contribution in [2.24, 2.45) is 0 Å². The molecule has 2 aromatic rings. The lowest BCUT2D eigenvalue weighted by Gasteiger charge is -2.01. The van der Waals surface area contributed by atoms with Crippen molar-refractivity contribution in [3.05, 3.63) is 58.3 Å². The minimum Gasteiger partial charge on any atom is -0.322 e. The Kier molecular flexibility index (Phi) is 3.90. The highest BCUT2D eigenvalue weighted by Gasteiger charge is 1.99. The Balaban J connectivity index is 2.01. The van der Waals surface area contributed by atoms with Gasteiger partial charge in [-0.3, -0.25) is 4.79 Å². The summed E-state index contributed by atoms with van der Waals surface area (Å²) in [5, 5.41) is 15.4. The maximum absolute atomic E-state index is 11.6. The van der Waals surface area contributed by atoms with Crippen LogP contribution in [0.25, 0.3) is 6.08 Å². The summed E-state index contributed by atoms with van der Waals surface area (Å²) >= 11 is 1.58. The average Bonchev–Trinajstić information content (AvgIpc) is 2.90. The molecule has 1 N–H and O–H groups in total. The number of benzene rings is 1. The molecule has 0 saturated heterocycles. The highest BCUT2D eigenvalue weighted by molar-refractivity contribution is 7.08. The number of hydrogen-bond donors (Lipinski definition) is 1. The molecule has 0 unspecified atom stereocenters. The van der Waals surface area contributed by atoms with Gasteiger partial charge in [0, 0.05) is 11.8 Å². The van der Waals surface area contributed by atoms with Crippen LogP contribution in [0.1, 0.15) is 11.1 Å². The van der Waals surface area contributed by atoms with Crippen molar-refractivity contribution >= 4 is 29.0 Å². The summed E-state index contributed by atoms with van der Waals surface area (Å²) in [6.45, 7) is 0. The van der Waals surface area contributed by atoms with Crippen LogP contribution in [0, 0.1) is 11.3 Å². The number of carbonyl (C=O) groups is 1. The second-order valence-corrected chi connectivity index (χ2v) is 4.35. The standard InChI is InChI=1S/C14H10N2OS/c15-9-12-2-1-3-13(8-12)16-14(17)5-4-11-6-7-18-10-11/h1-8,10H,(H,16,17). The van der Waals surface area contributed by atoms with Gasteiger partial charge in [-0.25, -0.2) is 0 Å². The minimum absolute atomic E-state index is 0.212. The van der Waals surface area contributed by atoms with E-state index in [0.29, 0.717) is 11.3 Å². The third-order valence-corrected chi connectivity index (χ3v) is 2.93. The molecule has 0 radical (unpaired) electrons. The molecule has 1 amide bonds. The fourth-order valence-corrected chi connectivity index (χ4v) is 2.02. The van der Waals surface area contributed by atoms with Gasteiger partial charge in [-0.15, -0.1) is 0 Å². The number of anilines is 1. The van der Waals surface area contributed by atoms with E-state index in [2.05, 4.69) is 5.32 Å². The first kappa shape index (κ1) is 12.1. The molecule has 0 aliphatic carbocycles. The van der Waals surface area contributed by atoms with Crippen molar-refractivity contribution in [2.75, 3.05) is 5.32 Å². The van der Waals surface area contributed by atoms with Gasteiger partial charge in [0.1, 0.15) is 0 Å². The molecule has 0 aliphatic heterocycles. The molecule has 0 fully saturated rings. The molecule has 88 valence electrons. The van der Waals surface area contributed by atoms with Crippen LogP contribution >= 0.6 is 11.3 Å². The molecule has 0 atom stereocenters. The van der Waals surface area contributed by atoms with E-state index >= 15 is 0 Å². The van der Waals surface area contributed by atoms with Crippen LogP contribution in [-0.2, 0) is 4.79 Å². The molecule has 0 saturated carbocycles. The van der Waals surface area contributed by atoms with Crippen LogP contribution in [0.4, 0.5) is 5.69 Å². The molecule has 18 heavy (non-hydrogen) atoms. The average molecular weight is 254 g/mol. The smallest absolute Gasteiger partial charge is 0.248 e. The SMILES string of the molecule is N#Cc1cccc(NC(=O)C=Cc2ccsc2)c1. The number of hydrogen-bond acceptors (Lipinski definition) is 3. The van der Waals surface area contributed by atoms with Crippen LogP contribution in [0.2, 0.25) is 0 Å². The molecule has 0 aliphatic rings. The van der Waals surface area contributed by atoms with Crippen molar-refractivity contribution in [1.82, 2.24) is 0 Å². The Morgan fingerprint density at radius 1 is 1.39 bits per heavy atom. The van der Waals surface area contributed by atoms with Crippen LogP contribution in [-0.4, -0.2) is 5.91 Å². The lowest BCUT2D eigenvalue weighted by molar-refractivity contribution is -0.111. The van der Waals surface area contributed by atoms with Gasteiger partial charge in [-0.1, -0.05) is 6.07 Å². The number of nitriles is 1. The number of rotatable bonds is 3. The van der Waals surface area contributed by atoms with Gasteiger partial charge in [-0.05, 0) is 46.7 Å². The van der Waals surface area contributed by atoms with E-state index in [4.69, 9.17) is 5.26 Å². The highest BCUT2D eigenvalue weighted by atomic mass is 32.1. The number of nitrogens with zero attached hydrogens (tertiary/aromatic N) is 1. The molecule has 3 nitrogen and oxygen atoms in total. The van der Waals surface area contributed by atoms with Gasteiger partial charge in [-0.2, -0.15) is 16.6 Å². The first-order chi connectivity index (χ1) is 8.78. The molecule has 4 heteroatoms. The summed E-state index contributed by atoms with van der Waals surface area (Å²) < 4.78 is 0. The molecule has 0 spiro atoms. The lowest BCUT2D eigenvalue weighted by Crippen LogP contribution is -2.07. The Labute approximate surface area is 109 Å². The fraction of sp³-hybridized carbons (Fsp3) is 0. The Hall–Kier alpha value is -2.38. The van der Waals surface area contributed by atoms with E-state index in [9.17, 15) is 4.79 Å². The maximum Gasteiger partial charge on any atom is 0.248 e. The Morgan fingerprint density at radius 2 is 2.28 bits per heavy atom. The lowest BCUT2D eigenvalue weighted by atomic mass is 10.2. The van der Waals surface area contributed by atoms with E-state index in [1.54, 1.807) is 41.7 Å². The van der Waals surface area contributed by atoms with Gasteiger partial charge >= 0.3 is 0 Å². The van der Waals surface area contributed by atoms with Gasteiger partial charge in [0.05, 0.1) is 11.6 Å². The quantitative estimate of drug-likeness (QED) is 0.855. The second kappa shape index (κ2) is 5.80. The van der Waals surface area contributed by atoms with Gasteiger partial charge in [0.2, 0.25) is 5.91 Å². The van der Waals surface area contributed by atoms with Gasteiger partial charge in [0.15, 0.2) is 0 Å². The van der Waals surface area contributed by atoms with Gasteiger partial charge < -0.3 is 5.32 Å². The maximum atomic E-state index is 11.6. The molecule has 0 bridgehead atoms. The van der Waals surface area contributed by atoms with E-state index in [0.717, 1.165) is 5.56 Å². The van der Waals surface area contributed by atoms with E-state index in [1.165, 1.54) is 6.08 Å². The third kappa shape index (κ3) is 3.30. The first-order valence-corrected chi connectivity index (χ1v) is 6.23. The molecular formula is C14H10N2OS. The Morgan fingerprint density at radius 3 is 3.00 bits per heavy atom. The van der Waals surface area contributed by atoms with E-state index in [-0.39, 0.29) is 5.91 Å². The zero-order valence-electron chi connectivity index (χ0n) is 9.46. The van der Waals surface area contributed by atoms with Crippen molar-refractivity contribution in [2.45, 2.75) is 0 Å². The molecule has 1 aromatic heterocycles. The van der Waals surface area contributed by atoms with E-state index < -0.39 is 0 Å². The summed E-state index contributed by atoms with van der Waals surface area (Å²) in [6, 6.07) is 10.8. The fourth-order valence-electron chi connectivity index (χ4n) is 1.39. The van der Waals surface area contributed by atoms with E-state index in [1.807, 2.05) is 22.9 Å². The first-order valence-electron chi connectivity index (χ1n) is 5.29. The van der Waals surface area contributed by atoms with Crippen LogP contribution in [0.3, 0.4) is 0 Å². The van der Waals surface area contributed by atoms with Crippen molar-refractivity contribution in [3.63, 3.8) is 0 Å². The zero-order chi connectivity index (χ0) is 12.8. The predicted octanol–water partition coefficient (Wildman–Crippen LogP) is 3.27. The molecule has 1 heterocycles. The third-order valence-electron chi connectivity index (χ3n) is 2.23. The predicted molar refractivity (Wildman–Crippen MR) is 73.1 cm³/mol. The van der Waals surface area contributed by atoms with Crippen molar-refractivity contribution < 1.29 is 4.79 Å². The summed E-state index contributed by atoms with van der Waals surface area (Å²) in [7, 11) is 0. The zero-order valence-corrected chi connectivity index (χ0v) is 10.3. The molecule has 2 rings (SSSR count). The van der Waals surface area contributed by atoms with Crippen molar-refractivity contribution in [3.8, 4) is 6.07 Å². The largest absolute Gasteiger partial charge is 0.322 e. The highest BCUT2D eigenvalue weighted by Crippen LogP contribution is 2.11. The van der Waals surface area contributed by atoms with Crippen LogP contribution < -0.4 is 5.32 Å².